The summed E-state index contributed by atoms with van der Waals surface area (Å²) in [5.41, 5.74) is 6.32. The molecule has 0 radical (unpaired) electrons. The minimum absolute atomic E-state index is 0.389. The van der Waals surface area contributed by atoms with E-state index < -0.39 is 0 Å². The fourth-order valence-electron chi connectivity index (χ4n) is 1.89. The standard InChI is InChI=1S/C11H16N4S/c1-15-5-4-9(7-15)14-10-3-2-8(6-13-10)11(12)16/h2-3,6,9H,4-5,7H2,1H3,(H2,12,16)(H,13,14). The SMILES string of the molecule is CN1CCC(Nc2ccc(C(N)=S)cn2)C1. The molecule has 3 N–H and O–H groups in total. The van der Waals surface area contributed by atoms with Crippen molar-refractivity contribution in [1.82, 2.24) is 9.88 Å². The first kappa shape index (κ1) is 11.3. The molecule has 1 aromatic rings. The van der Waals surface area contributed by atoms with Crippen molar-refractivity contribution in [3.8, 4) is 0 Å². The lowest BCUT2D eigenvalue weighted by atomic mass is 10.2. The average molecular weight is 236 g/mol. The Morgan fingerprint density at radius 2 is 2.44 bits per heavy atom. The van der Waals surface area contributed by atoms with Crippen LogP contribution in [0, 0.1) is 0 Å². The monoisotopic (exact) mass is 236 g/mol. The lowest BCUT2D eigenvalue weighted by Crippen LogP contribution is -2.24. The van der Waals surface area contributed by atoms with Gasteiger partial charge in [0.25, 0.3) is 0 Å². The van der Waals surface area contributed by atoms with Crippen molar-refractivity contribution in [2.24, 2.45) is 5.73 Å². The topological polar surface area (TPSA) is 54.2 Å². The van der Waals surface area contributed by atoms with Crippen molar-refractivity contribution >= 4 is 23.0 Å². The Morgan fingerprint density at radius 1 is 1.62 bits per heavy atom. The number of aromatic nitrogens is 1. The van der Waals surface area contributed by atoms with Gasteiger partial charge in [0.1, 0.15) is 10.8 Å². The number of nitrogens with two attached hydrogens (primary N) is 1. The fourth-order valence-corrected chi connectivity index (χ4v) is 2.01. The molecule has 16 heavy (non-hydrogen) atoms. The van der Waals surface area contributed by atoms with Crippen LogP contribution in [0.25, 0.3) is 0 Å². The van der Waals surface area contributed by atoms with E-state index in [1.54, 1.807) is 6.20 Å². The third-order valence-corrected chi connectivity index (χ3v) is 3.03. The van der Waals surface area contributed by atoms with Gasteiger partial charge in [-0.25, -0.2) is 4.98 Å². The van der Waals surface area contributed by atoms with E-state index in [2.05, 4.69) is 22.2 Å². The van der Waals surface area contributed by atoms with Crippen molar-refractivity contribution < 1.29 is 0 Å². The van der Waals surface area contributed by atoms with E-state index in [4.69, 9.17) is 18.0 Å². The molecule has 4 nitrogen and oxygen atoms in total. The summed E-state index contributed by atoms with van der Waals surface area (Å²) in [5.74, 6) is 0.889. The number of nitrogens with zero attached hydrogens (tertiary/aromatic N) is 2. The fraction of sp³-hybridized carbons (Fsp3) is 0.455. The lowest BCUT2D eigenvalue weighted by Gasteiger charge is -2.13. The first-order valence-electron chi connectivity index (χ1n) is 5.36. The van der Waals surface area contributed by atoms with Crippen LogP contribution in [0.3, 0.4) is 0 Å². The zero-order chi connectivity index (χ0) is 11.5. The number of anilines is 1. The molecular formula is C11H16N4S. The van der Waals surface area contributed by atoms with Crippen LogP contribution >= 0.6 is 12.2 Å². The normalized spacial score (nSPS) is 20.9. The number of rotatable bonds is 3. The predicted octanol–water partition coefficient (Wildman–Crippen LogP) is 0.832. The van der Waals surface area contributed by atoms with Crippen LogP contribution in [0.1, 0.15) is 12.0 Å². The lowest BCUT2D eigenvalue weighted by molar-refractivity contribution is 0.414. The smallest absolute Gasteiger partial charge is 0.126 e. The molecule has 2 rings (SSSR count). The van der Waals surface area contributed by atoms with E-state index in [-0.39, 0.29) is 0 Å². The Labute approximate surface area is 101 Å². The van der Waals surface area contributed by atoms with Crippen LogP contribution in [-0.2, 0) is 0 Å². The first-order chi connectivity index (χ1) is 7.65. The van der Waals surface area contributed by atoms with Crippen molar-refractivity contribution in [3.05, 3.63) is 23.9 Å². The third kappa shape index (κ3) is 2.68. The summed E-state index contributed by atoms with van der Waals surface area (Å²) in [7, 11) is 2.13. The molecule has 86 valence electrons. The van der Waals surface area contributed by atoms with Gasteiger partial charge in [0.05, 0.1) is 0 Å². The van der Waals surface area contributed by atoms with Gasteiger partial charge in [-0.05, 0) is 32.1 Å². The third-order valence-electron chi connectivity index (χ3n) is 2.79. The van der Waals surface area contributed by atoms with E-state index in [9.17, 15) is 0 Å². The Hall–Kier alpha value is -1.20. The Morgan fingerprint density at radius 3 is 2.94 bits per heavy atom. The maximum Gasteiger partial charge on any atom is 0.126 e. The van der Waals surface area contributed by atoms with Crippen molar-refractivity contribution in [2.45, 2.75) is 12.5 Å². The number of likely N-dealkylation sites (tertiary alicyclic amines) is 1. The van der Waals surface area contributed by atoms with E-state index in [0.29, 0.717) is 11.0 Å². The van der Waals surface area contributed by atoms with Crippen molar-refractivity contribution in [3.63, 3.8) is 0 Å². The molecule has 0 spiro atoms. The van der Waals surface area contributed by atoms with E-state index in [0.717, 1.165) is 30.9 Å². The van der Waals surface area contributed by atoms with Crippen molar-refractivity contribution in [1.29, 1.82) is 0 Å². The van der Waals surface area contributed by atoms with Gasteiger partial charge >= 0.3 is 0 Å². The van der Waals surface area contributed by atoms with Crippen LogP contribution in [0.15, 0.2) is 18.3 Å². The summed E-state index contributed by atoms with van der Waals surface area (Å²) >= 11 is 4.87. The van der Waals surface area contributed by atoms with Gasteiger partial charge in [-0.15, -0.1) is 0 Å². The summed E-state index contributed by atoms with van der Waals surface area (Å²) in [6.07, 6.45) is 2.87. The highest BCUT2D eigenvalue weighted by atomic mass is 32.1. The summed E-state index contributed by atoms with van der Waals surface area (Å²) in [6, 6.07) is 4.32. The highest BCUT2D eigenvalue weighted by Gasteiger charge is 2.19. The van der Waals surface area contributed by atoms with Crippen LogP contribution in [0.2, 0.25) is 0 Å². The summed E-state index contributed by atoms with van der Waals surface area (Å²) in [4.78, 5) is 6.99. The molecule has 1 aliphatic heterocycles. The molecule has 0 amide bonds. The van der Waals surface area contributed by atoms with Gasteiger partial charge in [-0.2, -0.15) is 0 Å². The van der Waals surface area contributed by atoms with Gasteiger partial charge in [0.15, 0.2) is 0 Å². The molecule has 1 fully saturated rings. The summed E-state index contributed by atoms with van der Waals surface area (Å²) in [6.45, 7) is 2.21. The highest BCUT2D eigenvalue weighted by Crippen LogP contribution is 2.13. The van der Waals surface area contributed by atoms with Crippen LogP contribution in [0.4, 0.5) is 5.82 Å². The van der Waals surface area contributed by atoms with Gasteiger partial charge in [0.2, 0.25) is 0 Å². The zero-order valence-electron chi connectivity index (χ0n) is 9.31. The van der Waals surface area contributed by atoms with Gasteiger partial charge in [0, 0.05) is 24.3 Å². The van der Waals surface area contributed by atoms with Crippen molar-refractivity contribution in [2.75, 3.05) is 25.5 Å². The highest BCUT2D eigenvalue weighted by molar-refractivity contribution is 7.80. The quantitative estimate of drug-likeness (QED) is 0.761. The number of hydrogen-bond donors (Lipinski definition) is 2. The molecule has 1 saturated heterocycles. The van der Waals surface area contributed by atoms with E-state index in [1.165, 1.54) is 0 Å². The van der Waals surface area contributed by atoms with Crippen LogP contribution in [0.5, 0.6) is 0 Å². The number of thiocarbonyl (C=S) groups is 1. The second-order valence-corrected chi connectivity index (χ2v) is 4.63. The van der Waals surface area contributed by atoms with Crippen LogP contribution in [-0.4, -0.2) is 41.1 Å². The molecule has 1 atom stereocenters. The van der Waals surface area contributed by atoms with Crippen LogP contribution < -0.4 is 11.1 Å². The minimum Gasteiger partial charge on any atom is -0.389 e. The number of pyridine rings is 1. The Kier molecular flexibility index (Phi) is 3.36. The van der Waals surface area contributed by atoms with Gasteiger partial charge in [-0.3, -0.25) is 0 Å². The summed E-state index contributed by atoms with van der Waals surface area (Å²) in [5, 5.41) is 3.40. The first-order valence-corrected chi connectivity index (χ1v) is 5.77. The molecule has 0 saturated carbocycles. The molecular weight excluding hydrogens is 220 g/mol. The summed E-state index contributed by atoms with van der Waals surface area (Å²) < 4.78 is 0. The molecule has 1 unspecified atom stereocenters. The molecule has 1 aliphatic rings. The molecule has 5 heteroatoms. The molecule has 0 aromatic carbocycles. The maximum absolute atomic E-state index is 5.51. The number of hydrogen-bond acceptors (Lipinski definition) is 4. The second kappa shape index (κ2) is 4.76. The average Bonchev–Trinajstić information content (AvgIpc) is 2.65. The minimum atomic E-state index is 0.389. The Balaban J connectivity index is 1.97. The number of likely N-dealkylation sites (N-methyl/N-ethyl adjacent to an activating group) is 1. The zero-order valence-corrected chi connectivity index (χ0v) is 10.1. The molecule has 0 aliphatic carbocycles. The van der Waals surface area contributed by atoms with E-state index >= 15 is 0 Å². The molecule has 1 aromatic heterocycles. The number of nitrogens with one attached hydrogen (secondary N) is 1. The Bertz CT molecular complexity index is 376. The molecule has 0 bridgehead atoms. The maximum atomic E-state index is 5.51. The molecule has 2 heterocycles. The predicted molar refractivity (Wildman–Crippen MR) is 69.6 cm³/mol. The largest absolute Gasteiger partial charge is 0.389 e. The van der Waals surface area contributed by atoms with Gasteiger partial charge in [-0.1, -0.05) is 12.2 Å². The van der Waals surface area contributed by atoms with E-state index in [1.807, 2.05) is 12.1 Å². The second-order valence-electron chi connectivity index (χ2n) is 4.19. The van der Waals surface area contributed by atoms with Gasteiger partial charge < -0.3 is 16.0 Å².